The van der Waals surface area contributed by atoms with Gasteiger partial charge in [0.25, 0.3) is 11.8 Å². The van der Waals surface area contributed by atoms with Gasteiger partial charge in [-0.2, -0.15) is 0 Å². The average Bonchev–Trinajstić information content (AvgIpc) is 2.54. The fourth-order valence-corrected chi connectivity index (χ4v) is 2.20. The maximum atomic E-state index is 12.1. The summed E-state index contributed by atoms with van der Waals surface area (Å²) in [7, 11) is 1.48. The number of amides is 2. The van der Waals surface area contributed by atoms with Gasteiger partial charge in [-0.1, -0.05) is 34.1 Å². The van der Waals surface area contributed by atoms with Crippen molar-refractivity contribution in [3.05, 3.63) is 63.6 Å². The molecule has 0 heterocycles. The monoisotopic (exact) mass is 362 g/mol. The van der Waals surface area contributed by atoms with Crippen LogP contribution in [0.4, 0.5) is 0 Å². The van der Waals surface area contributed by atoms with Crippen LogP contribution in [-0.4, -0.2) is 18.9 Å². The van der Waals surface area contributed by atoms with E-state index in [4.69, 9.17) is 4.74 Å². The first kappa shape index (κ1) is 16.0. The summed E-state index contributed by atoms with van der Waals surface area (Å²) in [5.74, 6) is -0.409. The van der Waals surface area contributed by atoms with Gasteiger partial charge in [-0.3, -0.25) is 20.4 Å². The van der Waals surface area contributed by atoms with Crippen molar-refractivity contribution < 1.29 is 14.3 Å². The topological polar surface area (TPSA) is 67.4 Å². The second kappa shape index (κ2) is 7.09. The largest absolute Gasteiger partial charge is 0.496 e. The van der Waals surface area contributed by atoms with Gasteiger partial charge in [0.2, 0.25) is 0 Å². The van der Waals surface area contributed by atoms with Gasteiger partial charge in [0.1, 0.15) is 5.75 Å². The molecule has 0 unspecified atom stereocenters. The highest BCUT2D eigenvalue weighted by Gasteiger charge is 2.13. The molecule has 0 aliphatic carbocycles. The van der Waals surface area contributed by atoms with Crippen molar-refractivity contribution in [2.24, 2.45) is 0 Å². The molecule has 22 heavy (non-hydrogen) atoms. The second-order valence-electron chi connectivity index (χ2n) is 4.57. The molecule has 5 nitrogen and oxygen atoms in total. The molecular weight excluding hydrogens is 348 g/mol. The molecule has 2 aromatic carbocycles. The van der Waals surface area contributed by atoms with Crippen LogP contribution in [0.5, 0.6) is 5.75 Å². The highest BCUT2D eigenvalue weighted by Crippen LogP contribution is 2.18. The zero-order valence-electron chi connectivity index (χ0n) is 12.1. The molecule has 0 bridgehead atoms. The van der Waals surface area contributed by atoms with Gasteiger partial charge in [-0.05, 0) is 36.8 Å². The standard InChI is InChI=1S/C16H15BrN2O3/c1-10-7-8-11(9-13(10)17)15(20)18-19-16(21)12-5-3-4-6-14(12)22-2/h3-9H,1-2H3,(H,18,20)(H,19,21). The molecule has 0 radical (unpaired) electrons. The van der Waals surface area contributed by atoms with Crippen molar-refractivity contribution in [3.8, 4) is 5.75 Å². The third kappa shape index (κ3) is 3.65. The summed E-state index contributed by atoms with van der Waals surface area (Å²) in [6, 6.07) is 12.0. The number of carbonyl (C=O) groups excluding carboxylic acids is 2. The average molecular weight is 363 g/mol. The smallest absolute Gasteiger partial charge is 0.273 e. The van der Waals surface area contributed by atoms with Gasteiger partial charge < -0.3 is 4.74 Å². The third-order valence-corrected chi connectivity index (χ3v) is 3.93. The summed E-state index contributed by atoms with van der Waals surface area (Å²) in [4.78, 5) is 24.1. The van der Waals surface area contributed by atoms with Crippen LogP contribution < -0.4 is 15.6 Å². The number of para-hydroxylation sites is 1. The Morgan fingerprint density at radius 3 is 2.41 bits per heavy atom. The molecule has 0 aliphatic heterocycles. The van der Waals surface area contributed by atoms with Crippen molar-refractivity contribution in [2.45, 2.75) is 6.92 Å². The van der Waals surface area contributed by atoms with Crippen LogP contribution >= 0.6 is 15.9 Å². The Hall–Kier alpha value is -2.34. The molecule has 0 spiro atoms. The predicted octanol–water partition coefficient (Wildman–Crippen LogP) is 2.84. The molecule has 2 amide bonds. The molecule has 114 valence electrons. The molecule has 2 N–H and O–H groups in total. The summed E-state index contributed by atoms with van der Waals surface area (Å²) >= 11 is 3.37. The van der Waals surface area contributed by atoms with E-state index in [0.29, 0.717) is 16.9 Å². The van der Waals surface area contributed by atoms with E-state index >= 15 is 0 Å². The van der Waals surface area contributed by atoms with E-state index in [2.05, 4.69) is 26.8 Å². The fourth-order valence-electron chi connectivity index (χ4n) is 1.82. The number of hydrazine groups is 1. The zero-order chi connectivity index (χ0) is 16.1. The van der Waals surface area contributed by atoms with Gasteiger partial charge in [-0.25, -0.2) is 0 Å². The van der Waals surface area contributed by atoms with Crippen LogP contribution in [0.2, 0.25) is 0 Å². The van der Waals surface area contributed by atoms with Crippen LogP contribution in [0.25, 0.3) is 0 Å². The Labute approximate surface area is 136 Å². The van der Waals surface area contributed by atoms with Crippen molar-refractivity contribution >= 4 is 27.7 Å². The van der Waals surface area contributed by atoms with Gasteiger partial charge in [-0.15, -0.1) is 0 Å². The Morgan fingerprint density at radius 2 is 1.73 bits per heavy atom. The first-order chi connectivity index (χ1) is 10.5. The molecular formula is C16H15BrN2O3. The van der Waals surface area contributed by atoms with Crippen LogP contribution in [-0.2, 0) is 0 Å². The Kier molecular flexibility index (Phi) is 5.16. The Bertz CT molecular complexity index is 716. The van der Waals surface area contributed by atoms with E-state index in [-0.39, 0.29) is 0 Å². The minimum Gasteiger partial charge on any atom is -0.496 e. The van der Waals surface area contributed by atoms with E-state index in [0.717, 1.165) is 10.0 Å². The summed E-state index contributed by atoms with van der Waals surface area (Å²) in [5.41, 5.74) is 6.56. The van der Waals surface area contributed by atoms with Crippen LogP contribution in [0, 0.1) is 6.92 Å². The maximum absolute atomic E-state index is 12.1. The SMILES string of the molecule is COc1ccccc1C(=O)NNC(=O)c1ccc(C)c(Br)c1. The van der Waals surface area contributed by atoms with Gasteiger partial charge in [0.05, 0.1) is 12.7 Å². The quantitative estimate of drug-likeness (QED) is 0.825. The molecule has 0 saturated carbocycles. The Morgan fingerprint density at radius 1 is 1.05 bits per heavy atom. The molecule has 2 aromatic rings. The van der Waals surface area contributed by atoms with Gasteiger partial charge in [0.15, 0.2) is 0 Å². The van der Waals surface area contributed by atoms with E-state index in [1.165, 1.54) is 7.11 Å². The number of halogens is 1. The maximum Gasteiger partial charge on any atom is 0.273 e. The lowest BCUT2D eigenvalue weighted by Crippen LogP contribution is -2.41. The molecule has 0 aliphatic rings. The molecule has 0 aromatic heterocycles. The minimum absolute atomic E-state index is 0.343. The van der Waals surface area contributed by atoms with E-state index in [1.54, 1.807) is 36.4 Å². The molecule has 6 heteroatoms. The second-order valence-corrected chi connectivity index (χ2v) is 5.43. The van der Waals surface area contributed by atoms with Crippen molar-refractivity contribution in [1.82, 2.24) is 10.9 Å². The minimum atomic E-state index is -0.447. The highest BCUT2D eigenvalue weighted by molar-refractivity contribution is 9.10. The Balaban J connectivity index is 2.04. The third-order valence-electron chi connectivity index (χ3n) is 3.08. The van der Waals surface area contributed by atoms with Crippen molar-refractivity contribution in [1.29, 1.82) is 0 Å². The van der Waals surface area contributed by atoms with Crippen LogP contribution in [0.15, 0.2) is 46.9 Å². The van der Waals surface area contributed by atoms with E-state index in [1.807, 2.05) is 13.0 Å². The summed E-state index contributed by atoms with van der Waals surface area (Å²) in [6.45, 7) is 1.93. The molecule has 2 rings (SSSR count). The molecule has 0 fully saturated rings. The van der Waals surface area contributed by atoms with Gasteiger partial charge >= 0.3 is 0 Å². The number of carbonyl (C=O) groups is 2. The van der Waals surface area contributed by atoms with E-state index in [9.17, 15) is 9.59 Å². The number of hydrogen-bond donors (Lipinski definition) is 2. The lowest BCUT2D eigenvalue weighted by atomic mass is 10.1. The molecule has 0 atom stereocenters. The van der Waals surface area contributed by atoms with Crippen molar-refractivity contribution in [2.75, 3.05) is 7.11 Å². The number of methoxy groups -OCH3 is 1. The lowest BCUT2D eigenvalue weighted by molar-refractivity contribution is 0.0845. The lowest BCUT2D eigenvalue weighted by Gasteiger charge is -2.10. The number of nitrogens with one attached hydrogen (secondary N) is 2. The zero-order valence-corrected chi connectivity index (χ0v) is 13.7. The van der Waals surface area contributed by atoms with Crippen LogP contribution in [0.3, 0.4) is 0 Å². The summed E-state index contributed by atoms with van der Waals surface area (Å²) in [6.07, 6.45) is 0. The first-order valence-electron chi connectivity index (χ1n) is 6.52. The first-order valence-corrected chi connectivity index (χ1v) is 7.32. The van der Waals surface area contributed by atoms with E-state index < -0.39 is 11.8 Å². The number of ether oxygens (including phenoxy) is 1. The number of rotatable bonds is 3. The highest BCUT2D eigenvalue weighted by atomic mass is 79.9. The number of benzene rings is 2. The summed E-state index contributed by atoms with van der Waals surface area (Å²) < 4.78 is 5.94. The number of aryl methyl sites for hydroxylation is 1. The summed E-state index contributed by atoms with van der Waals surface area (Å²) in [5, 5.41) is 0. The van der Waals surface area contributed by atoms with Gasteiger partial charge in [0, 0.05) is 10.0 Å². The number of hydrogen-bond acceptors (Lipinski definition) is 3. The predicted molar refractivity (Wildman–Crippen MR) is 86.8 cm³/mol. The molecule has 0 saturated heterocycles. The fraction of sp³-hybridized carbons (Fsp3) is 0.125. The normalized spacial score (nSPS) is 9.95. The van der Waals surface area contributed by atoms with Crippen molar-refractivity contribution in [3.63, 3.8) is 0 Å². The van der Waals surface area contributed by atoms with Crippen LogP contribution in [0.1, 0.15) is 26.3 Å².